The van der Waals surface area contributed by atoms with Crippen LogP contribution >= 0.6 is 0 Å². The largest absolute Gasteiger partial charge is 0.495 e. The van der Waals surface area contributed by atoms with Gasteiger partial charge in [-0.05, 0) is 50.6 Å². The molecule has 0 saturated carbocycles. The summed E-state index contributed by atoms with van der Waals surface area (Å²) in [6.07, 6.45) is 1.66. The standard InChI is InChI=1S/C21H25FN4O4S/c1-5-21(3)19(23)26-20(2,12-31(21,28)29)15-10-13(6-8-16(15)22)25-18(27)17-9-7-14(30-4)11-24-17/h6-11H,5,12H2,1-4H3,(H2,23,26)(H,25,27)/t20-,21-/m0/s1. The summed E-state index contributed by atoms with van der Waals surface area (Å²) in [7, 11) is -2.22. The van der Waals surface area contributed by atoms with Crippen LogP contribution in [0.5, 0.6) is 5.75 Å². The fraction of sp³-hybridized carbons (Fsp3) is 0.381. The van der Waals surface area contributed by atoms with Gasteiger partial charge in [-0.25, -0.2) is 17.8 Å². The number of amidine groups is 1. The molecule has 0 radical (unpaired) electrons. The number of methoxy groups -OCH3 is 1. The van der Waals surface area contributed by atoms with Crippen molar-refractivity contribution in [2.45, 2.75) is 37.5 Å². The first-order valence-corrected chi connectivity index (χ1v) is 11.3. The maximum Gasteiger partial charge on any atom is 0.274 e. The van der Waals surface area contributed by atoms with Crippen LogP contribution in [0.25, 0.3) is 0 Å². The second-order valence-corrected chi connectivity index (χ2v) is 10.3. The molecule has 1 aliphatic heterocycles. The molecule has 0 unspecified atom stereocenters. The van der Waals surface area contributed by atoms with Gasteiger partial charge in [0.1, 0.15) is 33.4 Å². The molecule has 0 bridgehead atoms. The van der Waals surface area contributed by atoms with Gasteiger partial charge in [0.25, 0.3) is 5.91 Å². The van der Waals surface area contributed by atoms with E-state index in [0.717, 1.165) is 6.07 Å². The highest BCUT2D eigenvalue weighted by molar-refractivity contribution is 7.93. The molecule has 0 aliphatic carbocycles. The molecule has 10 heteroatoms. The molecule has 0 saturated heterocycles. The van der Waals surface area contributed by atoms with E-state index in [1.807, 2.05) is 0 Å². The van der Waals surface area contributed by atoms with Crippen molar-refractivity contribution < 1.29 is 22.3 Å². The summed E-state index contributed by atoms with van der Waals surface area (Å²) in [4.78, 5) is 20.9. The highest BCUT2D eigenvalue weighted by atomic mass is 32.2. The lowest BCUT2D eigenvalue weighted by Gasteiger charge is -2.39. The lowest BCUT2D eigenvalue weighted by Crippen LogP contribution is -2.56. The van der Waals surface area contributed by atoms with Crippen LogP contribution in [0.2, 0.25) is 0 Å². The summed E-state index contributed by atoms with van der Waals surface area (Å²) < 4.78 is 44.4. The molecule has 0 spiro atoms. The summed E-state index contributed by atoms with van der Waals surface area (Å²) in [5.41, 5.74) is 5.05. The number of amides is 1. The van der Waals surface area contributed by atoms with Crippen molar-refractivity contribution >= 4 is 27.3 Å². The monoisotopic (exact) mass is 448 g/mol. The third-order valence-electron chi connectivity index (χ3n) is 5.75. The Morgan fingerprint density at radius 1 is 1.29 bits per heavy atom. The van der Waals surface area contributed by atoms with Gasteiger partial charge < -0.3 is 15.8 Å². The number of hydrogen-bond acceptors (Lipinski definition) is 7. The van der Waals surface area contributed by atoms with Gasteiger partial charge in [0, 0.05) is 11.3 Å². The minimum Gasteiger partial charge on any atom is -0.495 e. The lowest BCUT2D eigenvalue weighted by atomic mass is 9.92. The summed E-state index contributed by atoms with van der Waals surface area (Å²) in [6, 6.07) is 6.99. The van der Waals surface area contributed by atoms with E-state index < -0.39 is 37.6 Å². The number of halogens is 1. The van der Waals surface area contributed by atoms with Crippen molar-refractivity contribution in [1.82, 2.24) is 4.98 Å². The number of anilines is 1. The molecule has 2 aromatic rings. The van der Waals surface area contributed by atoms with Crippen molar-refractivity contribution in [2.75, 3.05) is 18.2 Å². The van der Waals surface area contributed by atoms with Crippen molar-refractivity contribution in [3.8, 4) is 5.75 Å². The second kappa shape index (κ2) is 7.92. The van der Waals surface area contributed by atoms with Gasteiger partial charge in [0.2, 0.25) is 0 Å². The summed E-state index contributed by atoms with van der Waals surface area (Å²) >= 11 is 0. The molecule has 2 heterocycles. The first kappa shape index (κ1) is 22.7. The molecule has 1 aromatic carbocycles. The molecule has 0 fully saturated rings. The number of sulfone groups is 1. The first-order chi connectivity index (χ1) is 14.5. The van der Waals surface area contributed by atoms with Crippen LogP contribution in [-0.4, -0.2) is 42.8 Å². The van der Waals surface area contributed by atoms with Crippen molar-refractivity contribution in [1.29, 1.82) is 0 Å². The third kappa shape index (κ3) is 3.99. The number of nitrogens with one attached hydrogen (secondary N) is 1. The predicted octanol–water partition coefficient (Wildman–Crippen LogP) is 2.65. The third-order valence-corrected chi connectivity index (χ3v) is 8.56. The molecule has 3 rings (SSSR count). The van der Waals surface area contributed by atoms with Crippen LogP contribution in [0.15, 0.2) is 41.5 Å². The van der Waals surface area contributed by atoms with Gasteiger partial charge in [-0.1, -0.05) is 6.92 Å². The highest BCUT2D eigenvalue weighted by Gasteiger charge is 2.51. The summed E-state index contributed by atoms with van der Waals surface area (Å²) in [5.74, 6) is -1.11. The van der Waals surface area contributed by atoms with Crippen LogP contribution in [-0.2, 0) is 15.4 Å². The quantitative estimate of drug-likeness (QED) is 0.725. The van der Waals surface area contributed by atoms with E-state index in [9.17, 15) is 17.6 Å². The number of hydrogen-bond donors (Lipinski definition) is 2. The zero-order chi connectivity index (χ0) is 23.0. The number of ether oxygens (including phenoxy) is 1. The van der Waals surface area contributed by atoms with Crippen LogP contribution in [0, 0.1) is 5.82 Å². The highest BCUT2D eigenvalue weighted by Crippen LogP contribution is 2.39. The van der Waals surface area contributed by atoms with Gasteiger partial charge in [-0.3, -0.25) is 9.79 Å². The zero-order valence-electron chi connectivity index (χ0n) is 17.8. The Morgan fingerprint density at radius 2 is 2.00 bits per heavy atom. The number of aliphatic imine (C=N–C) groups is 1. The number of rotatable bonds is 5. The summed E-state index contributed by atoms with van der Waals surface area (Å²) in [5, 5.41) is 2.64. The SMILES string of the molecule is CC[C@@]1(C)C(N)=N[C@](C)(c2cc(NC(=O)c3ccc(OC)cn3)ccc2F)CS1(=O)=O. The van der Waals surface area contributed by atoms with Gasteiger partial charge in [0.15, 0.2) is 9.84 Å². The normalized spacial score (nSPS) is 24.9. The Balaban J connectivity index is 1.96. The maximum absolute atomic E-state index is 14.8. The fourth-order valence-corrected chi connectivity index (χ4v) is 5.57. The van der Waals surface area contributed by atoms with E-state index in [-0.39, 0.29) is 29.2 Å². The molecule has 1 aromatic heterocycles. The van der Waals surface area contributed by atoms with Crippen LogP contribution in [0.4, 0.5) is 10.1 Å². The number of benzene rings is 1. The number of pyridine rings is 1. The van der Waals surface area contributed by atoms with Crippen molar-refractivity contribution in [3.05, 3.63) is 53.6 Å². The van der Waals surface area contributed by atoms with E-state index in [0.29, 0.717) is 5.75 Å². The molecule has 1 aliphatic rings. The smallest absolute Gasteiger partial charge is 0.274 e. The number of nitrogens with two attached hydrogens (primary N) is 1. The van der Waals surface area contributed by atoms with Crippen molar-refractivity contribution in [3.63, 3.8) is 0 Å². The van der Waals surface area contributed by atoms with Crippen LogP contribution in [0.1, 0.15) is 43.2 Å². The molecule has 2 atom stereocenters. The van der Waals surface area contributed by atoms with E-state index in [4.69, 9.17) is 10.5 Å². The van der Waals surface area contributed by atoms with Crippen LogP contribution < -0.4 is 15.8 Å². The zero-order valence-corrected chi connectivity index (χ0v) is 18.6. The van der Waals surface area contributed by atoms with Gasteiger partial charge in [-0.2, -0.15) is 0 Å². The Kier molecular flexibility index (Phi) is 5.79. The predicted molar refractivity (Wildman–Crippen MR) is 117 cm³/mol. The van der Waals surface area contributed by atoms with Crippen LogP contribution in [0.3, 0.4) is 0 Å². The minimum atomic E-state index is -3.71. The number of carbonyl (C=O) groups is 1. The Labute approximate surface area is 180 Å². The van der Waals surface area contributed by atoms with Crippen molar-refractivity contribution in [2.24, 2.45) is 10.7 Å². The average molecular weight is 449 g/mol. The van der Waals surface area contributed by atoms with E-state index in [1.165, 1.54) is 45.4 Å². The summed E-state index contributed by atoms with van der Waals surface area (Å²) in [6.45, 7) is 4.75. The van der Waals surface area contributed by atoms with E-state index in [2.05, 4.69) is 15.3 Å². The van der Waals surface area contributed by atoms with E-state index in [1.54, 1.807) is 13.0 Å². The Bertz CT molecular complexity index is 1150. The fourth-order valence-electron chi connectivity index (χ4n) is 3.49. The molecule has 8 nitrogen and oxygen atoms in total. The Morgan fingerprint density at radius 3 is 2.55 bits per heavy atom. The minimum absolute atomic E-state index is 0.0256. The first-order valence-electron chi connectivity index (χ1n) is 9.65. The van der Waals surface area contributed by atoms with Gasteiger partial charge in [-0.15, -0.1) is 0 Å². The number of nitrogens with zero attached hydrogens (tertiary/aromatic N) is 2. The molecule has 3 N–H and O–H groups in total. The number of carbonyl (C=O) groups excluding carboxylic acids is 1. The average Bonchev–Trinajstić information content (AvgIpc) is 2.72. The number of aromatic nitrogens is 1. The topological polar surface area (TPSA) is 124 Å². The van der Waals surface area contributed by atoms with Gasteiger partial charge in [0.05, 0.1) is 19.1 Å². The second-order valence-electron chi connectivity index (χ2n) is 7.85. The molecular weight excluding hydrogens is 423 g/mol. The molecule has 166 valence electrons. The molecule has 1 amide bonds. The Hall–Kier alpha value is -3.01. The lowest BCUT2D eigenvalue weighted by molar-refractivity contribution is 0.102. The molecular formula is C21H25FN4O4S. The van der Waals surface area contributed by atoms with E-state index >= 15 is 0 Å². The van der Waals surface area contributed by atoms with Gasteiger partial charge >= 0.3 is 0 Å². The maximum atomic E-state index is 14.8. The molecule has 31 heavy (non-hydrogen) atoms.